The summed E-state index contributed by atoms with van der Waals surface area (Å²) in [6.45, 7) is 7.00. The first-order chi connectivity index (χ1) is 7.22. The Kier molecular flexibility index (Phi) is 3.65. The largest absolute Gasteiger partial charge is 0.377 e. The van der Waals surface area contributed by atoms with Gasteiger partial charge in [0.05, 0.1) is 5.60 Å². The van der Waals surface area contributed by atoms with Crippen molar-refractivity contribution in [1.82, 2.24) is 10.2 Å². The van der Waals surface area contributed by atoms with Crippen LogP contribution in [0.1, 0.15) is 32.6 Å². The quantitative estimate of drug-likeness (QED) is 0.762. The van der Waals surface area contributed by atoms with Crippen LogP contribution in [0.5, 0.6) is 0 Å². The summed E-state index contributed by atoms with van der Waals surface area (Å²) in [4.78, 5) is 2.57. The number of hydrogen-bond acceptors (Lipinski definition) is 3. The summed E-state index contributed by atoms with van der Waals surface area (Å²) in [6.07, 6.45) is 5.18. The standard InChI is InChI=1S/C12H24N2O/c1-12(15-2)6-4-8-14(10-12)9-11-5-3-7-13-11/h11,13H,3-10H2,1-2H3/t11-,12?/m0/s1. The zero-order valence-electron chi connectivity index (χ0n) is 10.1. The van der Waals surface area contributed by atoms with Gasteiger partial charge in [-0.15, -0.1) is 0 Å². The van der Waals surface area contributed by atoms with Gasteiger partial charge in [0.25, 0.3) is 0 Å². The Bertz CT molecular complexity index is 204. The van der Waals surface area contributed by atoms with Crippen molar-refractivity contribution in [1.29, 1.82) is 0 Å². The van der Waals surface area contributed by atoms with E-state index in [0.29, 0.717) is 0 Å². The predicted octanol–water partition coefficient (Wildman–Crippen LogP) is 1.24. The molecule has 88 valence electrons. The molecule has 15 heavy (non-hydrogen) atoms. The molecule has 0 saturated carbocycles. The summed E-state index contributed by atoms with van der Waals surface area (Å²) < 4.78 is 5.61. The molecule has 2 heterocycles. The second kappa shape index (κ2) is 4.81. The van der Waals surface area contributed by atoms with E-state index in [1.54, 1.807) is 0 Å². The average molecular weight is 212 g/mol. The molecule has 2 aliphatic rings. The van der Waals surface area contributed by atoms with Crippen LogP contribution in [-0.2, 0) is 4.74 Å². The highest BCUT2D eigenvalue weighted by Crippen LogP contribution is 2.24. The molecule has 3 heteroatoms. The first-order valence-corrected chi connectivity index (χ1v) is 6.23. The van der Waals surface area contributed by atoms with Gasteiger partial charge < -0.3 is 10.1 Å². The molecule has 3 nitrogen and oxygen atoms in total. The number of likely N-dealkylation sites (tertiary alicyclic amines) is 1. The molecule has 0 bridgehead atoms. The summed E-state index contributed by atoms with van der Waals surface area (Å²) in [5.74, 6) is 0. The van der Waals surface area contributed by atoms with E-state index in [1.165, 1.54) is 45.3 Å². The lowest BCUT2D eigenvalue weighted by Crippen LogP contribution is -2.50. The third-order valence-electron chi connectivity index (χ3n) is 3.87. The molecule has 0 amide bonds. The molecular formula is C12H24N2O. The lowest BCUT2D eigenvalue weighted by atomic mass is 9.94. The Hall–Kier alpha value is -0.120. The minimum Gasteiger partial charge on any atom is -0.377 e. The van der Waals surface area contributed by atoms with Crippen molar-refractivity contribution in [2.24, 2.45) is 0 Å². The summed E-state index contributed by atoms with van der Waals surface area (Å²) >= 11 is 0. The number of rotatable bonds is 3. The molecule has 2 saturated heterocycles. The first-order valence-electron chi connectivity index (χ1n) is 6.23. The second-order valence-electron chi connectivity index (χ2n) is 5.29. The number of ether oxygens (including phenoxy) is 1. The highest BCUT2D eigenvalue weighted by atomic mass is 16.5. The minimum absolute atomic E-state index is 0.0941. The first kappa shape index (κ1) is 11.4. The molecule has 0 aromatic heterocycles. The fraction of sp³-hybridized carbons (Fsp3) is 1.00. The Morgan fingerprint density at radius 3 is 3.00 bits per heavy atom. The van der Waals surface area contributed by atoms with E-state index in [4.69, 9.17) is 4.74 Å². The van der Waals surface area contributed by atoms with Crippen LogP contribution in [-0.4, -0.2) is 49.8 Å². The van der Waals surface area contributed by atoms with Crippen LogP contribution in [0.3, 0.4) is 0 Å². The van der Waals surface area contributed by atoms with Crippen LogP contribution >= 0.6 is 0 Å². The molecule has 0 aromatic rings. The summed E-state index contributed by atoms with van der Waals surface area (Å²) in [6, 6.07) is 0.726. The van der Waals surface area contributed by atoms with Crippen LogP contribution in [0, 0.1) is 0 Å². The summed E-state index contributed by atoms with van der Waals surface area (Å²) in [5.41, 5.74) is 0.0941. The van der Waals surface area contributed by atoms with Crippen LogP contribution < -0.4 is 5.32 Å². The maximum atomic E-state index is 5.61. The van der Waals surface area contributed by atoms with Crippen LogP contribution in [0.4, 0.5) is 0 Å². The van der Waals surface area contributed by atoms with Crippen LogP contribution in [0.15, 0.2) is 0 Å². The van der Waals surface area contributed by atoms with Gasteiger partial charge in [0, 0.05) is 26.2 Å². The van der Waals surface area contributed by atoms with Gasteiger partial charge in [-0.05, 0) is 45.7 Å². The van der Waals surface area contributed by atoms with E-state index in [2.05, 4.69) is 17.1 Å². The van der Waals surface area contributed by atoms with Crippen molar-refractivity contribution in [2.75, 3.05) is 33.3 Å². The molecule has 2 atom stereocenters. The van der Waals surface area contributed by atoms with Crippen molar-refractivity contribution >= 4 is 0 Å². The number of methoxy groups -OCH3 is 1. The summed E-state index contributed by atoms with van der Waals surface area (Å²) in [7, 11) is 1.84. The number of piperidine rings is 1. The van der Waals surface area contributed by atoms with E-state index < -0.39 is 0 Å². The highest BCUT2D eigenvalue weighted by molar-refractivity contribution is 4.87. The third-order valence-corrected chi connectivity index (χ3v) is 3.87. The number of nitrogens with one attached hydrogen (secondary N) is 1. The van der Waals surface area contributed by atoms with E-state index >= 15 is 0 Å². The van der Waals surface area contributed by atoms with Gasteiger partial charge in [0.1, 0.15) is 0 Å². The Morgan fingerprint density at radius 1 is 1.47 bits per heavy atom. The predicted molar refractivity (Wildman–Crippen MR) is 62.1 cm³/mol. The molecular weight excluding hydrogens is 188 g/mol. The van der Waals surface area contributed by atoms with Crippen molar-refractivity contribution in [3.63, 3.8) is 0 Å². The van der Waals surface area contributed by atoms with Crippen molar-refractivity contribution in [3.05, 3.63) is 0 Å². The smallest absolute Gasteiger partial charge is 0.0777 e. The van der Waals surface area contributed by atoms with Gasteiger partial charge in [-0.3, -0.25) is 4.90 Å². The van der Waals surface area contributed by atoms with Gasteiger partial charge >= 0.3 is 0 Å². The van der Waals surface area contributed by atoms with Gasteiger partial charge in [-0.1, -0.05) is 0 Å². The Balaban J connectivity index is 1.81. The fourth-order valence-corrected chi connectivity index (χ4v) is 2.85. The third kappa shape index (κ3) is 2.92. The molecule has 1 unspecified atom stereocenters. The van der Waals surface area contributed by atoms with Crippen LogP contribution in [0.2, 0.25) is 0 Å². The monoisotopic (exact) mass is 212 g/mol. The van der Waals surface area contributed by atoms with E-state index in [0.717, 1.165) is 12.6 Å². The lowest BCUT2D eigenvalue weighted by Gasteiger charge is -2.40. The van der Waals surface area contributed by atoms with Gasteiger partial charge in [0.15, 0.2) is 0 Å². The average Bonchev–Trinajstić information content (AvgIpc) is 2.71. The second-order valence-corrected chi connectivity index (χ2v) is 5.29. The van der Waals surface area contributed by atoms with Crippen molar-refractivity contribution in [2.45, 2.75) is 44.2 Å². The number of hydrogen-bond donors (Lipinski definition) is 1. The minimum atomic E-state index is 0.0941. The molecule has 0 aliphatic carbocycles. The van der Waals surface area contributed by atoms with Crippen molar-refractivity contribution in [3.8, 4) is 0 Å². The van der Waals surface area contributed by atoms with Gasteiger partial charge in [0.2, 0.25) is 0 Å². The fourth-order valence-electron chi connectivity index (χ4n) is 2.85. The van der Waals surface area contributed by atoms with E-state index in [-0.39, 0.29) is 5.60 Å². The van der Waals surface area contributed by atoms with Gasteiger partial charge in [-0.25, -0.2) is 0 Å². The maximum Gasteiger partial charge on any atom is 0.0777 e. The van der Waals surface area contributed by atoms with E-state index in [9.17, 15) is 0 Å². The SMILES string of the molecule is COC1(C)CCCN(C[C@@H]2CCCN2)C1. The molecule has 2 fully saturated rings. The highest BCUT2D eigenvalue weighted by Gasteiger charge is 2.31. The number of nitrogens with zero attached hydrogens (tertiary/aromatic N) is 1. The topological polar surface area (TPSA) is 24.5 Å². The molecule has 0 aromatic carbocycles. The molecule has 1 N–H and O–H groups in total. The maximum absolute atomic E-state index is 5.61. The zero-order chi connectivity index (χ0) is 10.7. The van der Waals surface area contributed by atoms with Gasteiger partial charge in [-0.2, -0.15) is 0 Å². The van der Waals surface area contributed by atoms with E-state index in [1.807, 2.05) is 7.11 Å². The van der Waals surface area contributed by atoms with Crippen molar-refractivity contribution < 1.29 is 4.74 Å². The molecule has 2 rings (SSSR count). The van der Waals surface area contributed by atoms with Crippen LogP contribution in [0.25, 0.3) is 0 Å². The molecule has 0 radical (unpaired) electrons. The molecule has 0 spiro atoms. The normalized spacial score (nSPS) is 38.4. The molecule has 2 aliphatic heterocycles. The summed E-state index contributed by atoms with van der Waals surface area (Å²) in [5, 5.41) is 3.57. The lowest BCUT2D eigenvalue weighted by molar-refractivity contribution is -0.0519. The zero-order valence-corrected chi connectivity index (χ0v) is 10.1. The Labute approximate surface area is 93.2 Å². The Morgan fingerprint density at radius 2 is 2.33 bits per heavy atom.